The van der Waals surface area contributed by atoms with Crippen molar-refractivity contribution in [3.05, 3.63) is 41.0 Å². The quantitative estimate of drug-likeness (QED) is 0.223. The first-order valence-electron chi connectivity index (χ1n) is 15.1. The number of likely N-dealkylation sites (tertiary alicyclic amines) is 1. The summed E-state index contributed by atoms with van der Waals surface area (Å²) in [6.45, 7) is 9.82. The van der Waals surface area contributed by atoms with Crippen molar-refractivity contribution in [2.24, 2.45) is 17.1 Å². The van der Waals surface area contributed by atoms with Gasteiger partial charge in [-0.15, -0.1) is 11.3 Å². The van der Waals surface area contributed by atoms with Crippen LogP contribution in [0, 0.1) is 30.1 Å². The summed E-state index contributed by atoms with van der Waals surface area (Å²) in [5, 5.41) is 2.25. The lowest BCUT2D eigenvalue weighted by Crippen LogP contribution is -2.53. The summed E-state index contributed by atoms with van der Waals surface area (Å²) in [5.41, 5.74) is 11.2. The zero-order valence-corrected chi connectivity index (χ0v) is 28.4. The van der Waals surface area contributed by atoms with E-state index in [2.05, 4.69) is 58.1 Å². The summed E-state index contributed by atoms with van der Waals surface area (Å²) in [6.07, 6.45) is 7.61. The van der Waals surface area contributed by atoms with Crippen molar-refractivity contribution >= 4 is 29.9 Å². The summed E-state index contributed by atoms with van der Waals surface area (Å²) in [5.74, 6) is 6.86. The molecule has 2 fully saturated rings. The molecule has 1 saturated heterocycles. The molecule has 9 nitrogen and oxygen atoms in total. The van der Waals surface area contributed by atoms with E-state index in [9.17, 15) is 9.59 Å². The van der Waals surface area contributed by atoms with Gasteiger partial charge < -0.3 is 30.2 Å². The molecule has 44 heavy (non-hydrogen) atoms. The van der Waals surface area contributed by atoms with E-state index in [-0.39, 0.29) is 11.3 Å². The van der Waals surface area contributed by atoms with Crippen LogP contribution >= 0.6 is 11.3 Å². The lowest BCUT2D eigenvalue weighted by molar-refractivity contribution is -0.136. The number of hydrogen-bond donors (Lipinski definition) is 2. The number of nitrogens with zero attached hydrogens (tertiary/aromatic N) is 2. The second-order valence-electron chi connectivity index (χ2n) is 11.6. The molecule has 4 rings (SSSR count). The zero-order chi connectivity index (χ0) is 33.0. The van der Waals surface area contributed by atoms with Gasteiger partial charge in [0, 0.05) is 51.6 Å². The molecule has 244 valence electrons. The highest BCUT2D eigenvalue weighted by Gasteiger charge is 2.37. The van der Waals surface area contributed by atoms with Gasteiger partial charge in [-0.1, -0.05) is 50.0 Å². The van der Waals surface area contributed by atoms with E-state index in [0.29, 0.717) is 38.0 Å². The Hall–Kier alpha value is -3.10. The normalized spacial score (nSPS) is 15.9. The highest BCUT2D eigenvalue weighted by atomic mass is 32.1. The number of amides is 2. The van der Waals surface area contributed by atoms with Crippen LogP contribution in [0.3, 0.4) is 0 Å². The van der Waals surface area contributed by atoms with Crippen molar-refractivity contribution in [3.8, 4) is 22.3 Å². The molecule has 2 amide bonds. The smallest absolute Gasteiger partial charge is 0.240 e. The van der Waals surface area contributed by atoms with Gasteiger partial charge in [0.25, 0.3) is 0 Å². The van der Waals surface area contributed by atoms with Crippen LogP contribution in [-0.4, -0.2) is 81.6 Å². The molecule has 2 heterocycles. The van der Waals surface area contributed by atoms with E-state index >= 15 is 0 Å². The molecule has 10 heteroatoms. The number of methoxy groups -OCH3 is 1. The largest absolute Gasteiger partial charge is 0.388 e. The SMILES string of the molecule is CC1CCCN1C(=O)C(N)C(C)(C)COCC#CC1CC1.CNC=O.COC.Cc1ncsc1-c1ccc(CCC=O)cc1. The van der Waals surface area contributed by atoms with Crippen molar-refractivity contribution in [2.45, 2.75) is 78.3 Å². The molecule has 1 aromatic carbocycles. The number of aryl methyl sites for hydroxylation is 2. The molecule has 2 atom stereocenters. The number of nitrogens with two attached hydrogens (primary N) is 1. The third-order valence-electron chi connectivity index (χ3n) is 7.11. The van der Waals surface area contributed by atoms with E-state index in [1.807, 2.05) is 31.2 Å². The molecular formula is C34H52N4O5S. The second-order valence-corrected chi connectivity index (χ2v) is 12.4. The number of carbonyl (C=O) groups excluding carboxylic acids is 3. The topological polar surface area (TPSA) is 124 Å². The summed E-state index contributed by atoms with van der Waals surface area (Å²) in [6, 6.07) is 8.15. The Bertz CT molecular complexity index is 1170. The third-order valence-corrected chi connectivity index (χ3v) is 8.08. The lowest BCUT2D eigenvalue weighted by Gasteiger charge is -2.34. The fourth-order valence-corrected chi connectivity index (χ4v) is 5.08. The predicted octanol–water partition coefficient (Wildman–Crippen LogP) is 4.66. The van der Waals surface area contributed by atoms with Gasteiger partial charge in [0.1, 0.15) is 12.9 Å². The number of rotatable bonds is 10. The van der Waals surface area contributed by atoms with Gasteiger partial charge >= 0.3 is 0 Å². The van der Waals surface area contributed by atoms with E-state index in [0.717, 1.165) is 37.8 Å². The molecule has 3 N–H and O–H groups in total. The summed E-state index contributed by atoms with van der Waals surface area (Å²) >= 11 is 1.66. The molecule has 2 aliphatic rings. The van der Waals surface area contributed by atoms with Crippen LogP contribution in [0.1, 0.15) is 64.1 Å². The van der Waals surface area contributed by atoms with Crippen molar-refractivity contribution < 1.29 is 23.9 Å². The van der Waals surface area contributed by atoms with Crippen molar-refractivity contribution in [2.75, 3.05) is 41.0 Å². The van der Waals surface area contributed by atoms with Gasteiger partial charge in [-0.25, -0.2) is 4.98 Å². The van der Waals surface area contributed by atoms with E-state index in [4.69, 9.17) is 15.3 Å². The number of aldehydes is 1. The van der Waals surface area contributed by atoms with Gasteiger partial charge in [0.15, 0.2) is 0 Å². The van der Waals surface area contributed by atoms with Crippen LogP contribution < -0.4 is 11.1 Å². The Labute approximate surface area is 268 Å². The van der Waals surface area contributed by atoms with Crippen LogP contribution in [0.2, 0.25) is 0 Å². The van der Waals surface area contributed by atoms with Gasteiger partial charge in [-0.05, 0) is 57.1 Å². The van der Waals surface area contributed by atoms with Crippen LogP contribution in [0.4, 0.5) is 0 Å². The monoisotopic (exact) mass is 628 g/mol. The Morgan fingerprint density at radius 3 is 2.34 bits per heavy atom. The minimum absolute atomic E-state index is 0.0534. The number of hydrogen-bond acceptors (Lipinski definition) is 8. The Morgan fingerprint density at radius 2 is 1.86 bits per heavy atom. The van der Waals surface area contributed by atoms with E-state index in [1.54, 1.807) is 32.6 Å². The zero-order valence-electron chi connectivity index (χ0n) is 27.6. The average Bonchev–Trinajstić information content (AvgIpc) is 3.59. The number of carbonyl (C=O) groups is 3. The first-order chi connectivity index (χ1) is 21.1. The molecule has 2 unspecified atom stereocenters. The predicted molar refractivity (Wildman–Crippen MR) is 178 cm³/mol. The third kappa shape index (κ3) is 14.6. The summed E-state index contributed by atoms with van der Waals surface area (Å²) in [7, 11) is 4.81. The maximum Gasteiger partial charge on any atom is 0.240 e. The maximum atomic E-state index is 12.5. The summed E-state index contributed by atoms with van der Waals surface area (Å²) < 4.78 is 9.86. The molecule has 2 aromatic rings. The van der Waals surface area contributed by atoms with E-state index < -0.39 is 6.04 Å². The van der Waals surface area contributed by atoms with Crippen molar-refractivity contribution in [1.82, 2.24) is 15.2 Å². The average molecular weight is 629 g/mol. The molecule has 0 radical (unpaired) electrons. The number of aromatic nitrogens is 1. The van der Waals surface area contributed by atoms with Gasteiger partial charge in [-0.3, -0.25) is 9.59 Å². The Morgan fingerprint density at radius 1 is 1.23 bits per heavy atom. The fraction of sp³-hybridized carbons (Fsp3) is 0.588. The van der Waals surface area contributed by atoms with Gasteiger partial charge in [0.2, 0.25) is 12.3 Å². The molecule has 0 bridgehead atoms. The maximum absolute atomic E-state index is 12.5. The molecular weight excluding hydrogens is 576 g/mol. The first kappa shape index (κ1) is 38.9. The number of thiazole rings is 1. The van der Waals surface area contributed by atoms with Crippen LogP contribution in [0.25, 0.3) is 10.4 Å². The molecule has 1 saturated carbocycles. The van der Waals surface area contributed by atoms with E-state index in [1.165, 1.54) is 28.8 Å². The van der Waals surface area contributed by atoms with Crippen LogP contribution in [-0.2, 0) is 30.3 Å². The number of benzene rings is 1. The van der Waals surface area contributed by atoms with Gasteiger partial charge in [0.05, 0.1) is 28.7 Å². The summed E-state index contributed by atoms with van der Waals surface area (Å²) in [4.78, 5) is 39.2. The van der Waals surface area contributed by atoms with Crippen molar-refractivity contribution in [1.29, 1.82) is 0 Å². The number of nitrogens with one attached hydrogen (secondary N) is 1. The first-order valence-corrected chi connectivity index (χ1v) is 16.0. The standard InChI is InChI=1S/C17H28N2O2.C13H13NOS.C2H5NO.C2H6O/c1-13-6-4-10-19(13)16(20)15(18)17(2,3)12-21-11-5-7-14-8-9-14;1-10-13(16-9-14-10)12-6-4-11(5-7-12)3-2-8-15;1-3-2-4;1-3-2/h13-15H,4,6,8-12,18H2,1-3H3;4-9H,2-3H2,1H3;2H,1H3,(H,3,4);1-2H3. The van der Waals surface area contributed by atoms with Crippen LogP contribution in [0.15, 0.2) is 29.8 Å². The Kier molecular flexibility index (Phi) is 19.1. The minimum Gasteiger partial charge on any atom is -0.388 e. The molecule has 1 aliphatic heterocycles. The molecule has 1 aromatic heterocycles. The second kappa shape index (κ2) is 21.6. The van der Waals surface area contributed by atoms with Crippen molar-refractivity contribution in [3.63, 3.8) is 0 Å². The lowest BCUT2D eigenvalue weighted by atomic mass is 9.85. The highest BCUT2D eigenvalue weighted by Crippen LogP contribution is 2.28. The fourth-order valence-electron chi connectivity index (χ4n) is 4.27. The molecule has 1 aliphatic carbocycles. The highest BCUT2D eigenvalue weighted by molar-refractivity contribution is 7.13. The minimum atomic E-state index is -0.519. The van der Waals surface area contributed by atoms with Gasteiger partial charge in [-0.2, -0.15) is 0 Å². The number of ether oxygens (including phenoxy) is 2. The Balaban J connectivity index is 0.000000371. The molecule has 0 spiro atoms. The van der Waals surface area contributed by atoms with Crippen LogP contribution in [0.5, 0.6) is 0 Å².